The number of hydrogen-bond acceptors (Lipinski definition) is 5. The van der Waals surface area contributed by atoms with Gasteiger partial charge in [0.2, 0.25) is 0 Å². The highest BCUT2D eigenvalue weighted by Gasteiger charge is 2.19. The Morgan fingerprint density at radius 2 is 2.25 bits per heavy atom. The Kier molecular flexibility index (Phi) is 4.89. The molecule has 1 aromatic rings. The van der Waals surface area contributed by atoms with E-state index >= 15 is 0 Å². The van der Waals surface area contributed by atoms with Crippen molar-refractivity contribution in [3.05, 3.63) is 15.6 Å². The van der Waals surface area contributed by atoms with Crippen LogP contribution in [-0.2, 0) is 11.2 Å². The maximum Gasteiger partial charge on any atom is 0.350 e. The van der Waals surface area contributed by atoms with Crippen LogP contribution >= 0.6 is 11.3 Å². The third kappa shape index (κ3) is 2.80. The molecule has 1 heterocycles. The summed E-state index contributed by atoms with van der Waals surface area (Å²) < 4.78 is 5.00. The second-order valence-corrected chi connectivity index (χ2v) is 4.57. The van der Waals surface area contributed by atoms with E-state index in [0.717, 1.165) is 17.1 Å². The second kappa shape index (κ2) is 5.96. The van der Waals surface area contributed by atoms with E-state index in [1.165, 1.54) is 11.3 Å². The number of rotatable bonds is 5. The Bertz CT molecular complexity index is 363. The Hall–Kier alpha value is -0.940. The molecule has 0 saturated carbocycles. The van der Waals surface area contributed by atoms with Gasteiger partial charge in [-0.15, -0.1) is 11.3 Å². The summed E-state index contributed by atoms with van der Waals surface area (Å²) in [5, 5.41) is 0.919. The number of carbonyl (C=O) groups is 1. The average molecular weight is 242 g/mol. The topological polar surface area (TPSA) is 65.2 Å². The van der Waals surface area contributed by atoms with E-state index in [2.05, 4.69) is 4.98 Å². The largest absolute Gasteiger partial charge is 0.462 e. The first-order chi connectivity index (χ1) is 7.63. The van der Waals surface area contributed by atoms with Gasteiger partial charge in [-0.2, -0.15) is 0 Å². The van der Waals surface area contributed by atoms with Crippen LogP contribution in [0.2, 0.25) is 0 Å². The summed E-state index contributed by atoms with van der Waals surface area (Å²) in [6, 6.07) is 0. The fourth-order valence-electron chi connectivity index (χ4n) is 1.28. The predicted molar refractivity (Wildman–Crippen MR) is 64.9 cm³/mol. The van der Waals surface area contributed by atoms with Gasteiger partial charge >= 0.3 is 5.97 Å². The minimum atomic E-state index is -0.271. The fourth-order valence-corrected chi connectivity index (χ4v) is 2.39. The van der Waals surface area contributed by atoms with Gasteiger partial charge in [-0.05, 0) is 13.3 Å². The molecular weight excluding hydrogens is 224 g/mol. The molecule has 0 saturated heterocycles. The molecule has 4 nitrogen and oxygen atoms in total. The number of ether oxygens (including phenoxy) is 1. The molecule has 0 bridgehead atoms. The van der Waals surface area contributed by atoms with Crippen LogP contribution in [-0.4, -0.2) is 24.1 Å². The maximum absolute atomic E-state index is 11.7. The molecule has 16 heavy (non-hydrogen) atoms. The van der Waals surface area contributed by atoms with Gasteiger partial charge in [-0.3, -0.25) is 0 Å². The van der Waals surface area contributed by atoms with Crippen molar-refractivity contribution in [1.82, 2.24) is 4.98 Å². The summed E-state index contributed by atoms with van der Waals surface area (Å²) >= 11 is 1.40. The van der Waals surface area contributed by atoms with Gasteiger partial charge in [-0.1, -0.05) is 13.8 Å². The van der Waals surface area contributed by atoms with Crippen molar-refractivity contribution in [1.29, 1.82) is 0 Å². The fraction of sp³-hybridized carbons (Fsp3) is 0.636. The van der Waals surface area contributed by atoms with Crippen LogP contribution in [0.3, 0.4) is 0 Å². The molecular formula is C11H18N2O2S. The average Bonchev–Trinajstić information content (AvgIpc) is 2.72. The molecule has 90 valence electrons. The predicted octanol–water partition coefficient (Wildman–Crippen LogP) is 1.94. The number of thiazole rings is 1. The van der Waals surface area contributed by atoms with Crippen molar-refractivity contribution in [2.24, 2.45) is 5.73 Å². The lowest BCUT2D eigenvalue weighted by atomic mass is 10.2. The van der Waals surface area contributed by atoms with E-state index < -0.39 is 0 Å². The summed E-state index contributed by atoms with van der Waals surface area (Å²) in [5.74, 6) is -0.0780. The van der Waals surface area contributed by atoms with Gasteiger partial charge in [0.15, 0.2) is 0 Å². The number of nitrogens with zero attached hydrogens (tertiary/aromatic N) is 1. The number of aryl methyl sites for hydroxylation is 1. The zero-order valence-electron chi connectivity index (χ0n) is 9.95. The van der Waals surface area contributed by atoms with Crippen LogP contribution in [0.5, 0.6) is 0 Å². The molecule has 1 unspecified atom stereocenters. The lowest BCUT2D eigenvalue weighted by Gasteiger charge is -2.01. The maximum atomic E-state index is 11.7. The summed E-state index contributed by atoms with van der Waals surface area (Å²) in [6.07, 6.45) is 0.738. The normalized spacial score (nSPS) is 12.5. The molecule has 0 aromatic carbocycles. The molecule has 0 aliphatic heterocycles. The van der Waals surface area contributed by atoms with Crippen LogP contribution in [0.4, 0.5) is 0 Å². The first-order valence-electron chi connectivity index (χ1n) is 5.50. The number of carbonyl (C=O) groups excluding carboxylic acids is 1. The third-order valence-electron chi connectivity index (χ3n) is 2.28. The summed E-state index contributed by atoms with van der Waals surface area (Å²) in [4.78, 5) is 16.7. The lowest BCUT2D eigenvalue weighted by Crippen LogP contribution is -2.08. The molecule has 0 radical (unpaired) electrons. The van der Waals surface area contributed by atoms with Crippen LogP contribution in [0.25, 0.3) is 0 Å². The molecule has 0 aliphatic carbocycles. The van der Waals surface area contributed by atoms with Crippen LogP contribution < -0.4 is 5.73 Å². The molecule has 0 amide bonds. The van der Waals surface area contributed by atoms with Crippen LogP contribution in [0.1, 0.15) is 47.1 Å². The van der Waals surface area contributed by atoms with E-state index in [0.29, 0.717) is 18.0 Å². The molecule has 1 aromatic heterocycles. The van der Waals surface area contributed by atoms with E-state index in [4.69, 9.17) is 10.5 Å². The van der Waals surface area contributed by atoms with Gasteiger partial charge in [-0.25, -0.2) is 9.78 Å². The molecule has 0 aliphatic rings. The minimum absolute atomic E-state index is 0.193. The minimum Gasteiger partial charge on any atom is -0.462 e. The van der Waals surface area contributed by atoms with Crippen molar-refractivity contribution >= 4 is 17.3 Å². The van der Waals surface area contributed by atoms with E-state index in [9.17, 15) is 4.79 Å². The van der Waals surface area contributed by atoms with E-state index in [-0.39, 0.29) is 11.9 Å². The number of hydrogen-bond donors (Lipinski definition) is 1. The second-order valence-electron chi connectivity index (χ2n) is 3.54. The van der Waals surface area contributed by atoms with Gasteiger partial charge in [0, 0.05) is 12.5 Å². The Morgan fingerprint density at radius 3 is 2.75 bits per heavy atom. The first-order valence-corrected chi connectivity index (χ1v) is 6.32. The molecule has 1 atom stereocenters. The first kappa shape index (κ1) is 13.1. The molecule has 1 rings (SSSR count). The highest BCUT2D eigenvalue weighted by molar-refractivity contribution is 7.13. The van der Waals surface area contributed by atoms with Crippen LogP contribution in [0.15, 0.2) is 0 Å². The van der Waals surface area contributed by atoms with Crippen molar-refractivity contribution in [3.8, 4) is 0 Å². The van der Waals surface area contributed by atoms with Crippen LogP contribution in [0, 0.1) is 0 Å². The summed E-state index contributed by atoms with van der Waals surface area (Å²) in [6.45, 7) is 6.72. The van der Waals surface area contributed by atoms with Crippen molar-refractivity contribution < 1.29 is 9.53 Å². The standard InChI is InChI=1S/C11H18N2O2S/c1-4-8-9(11(14)15-5-2)16-10(13-8)7(3)6-12/h7H,4-6,12H2,1-3H3. The summed E-state index contributed by atoms with van der Waals surface area (Å²) in [5.41, 5.74) is 6.41. The van der Waals surface area contributed by atoms with Crippen molar-refractivity contribution in [2.75, 3.05) is 13.2 Å². The zero-order chi connectivity index (χ0) is 12.1. The van der Waals surface area contributed by atoms with Crippen molar-refractivity contribution in [2.45, 2.75) is 33.1 Å². The van der Waals surface area contributed by atoms with Gasteiger partial charge in [0.1, 0.15) is 4.88 Å². The quantitative estimate of drug-likeness (QED) is 0.801. The SMILES string of the molecule is CCOC(=O)c1sc(C(C)CN)nc1CC. The monoisotopic (exact) mass is 242 g/mol. The Labute approximate surface area is 99.8 Å². The van der Waals surface area contributed by atoms with Gasteiger partial charge in [0.25, 0.3) is 0 Å². The molecule has 0 spiro atoms. The van der Waals surface area contributed by atoms with Crippen molar-refractivity contribution in [3.63, 3.8) is 0 Å². The zero-order valence-corrected chi connectivity index (χ0v) is 10.8. The van der Waals surface area contributed by atoms with Gasteiger partial charge < -0.3 is 10.5 Å². The number of aromatic nitrogens is 1. The Morgan fingerprint density at radius 1 is 1.56 bits per heavy atom. The highest BCUT2D eigenvalue weighted by atomic mass is 32.1. The number of esters is 1. The number of nitrogens with two attached hydrogens (primary N) is 1. The molecule has 2 N–H and O–H groups in total. The summed E-state index contributed by atoms with van der Waals surface area (Å²) in [7, 11) is 0. The Balaban J connectivity index is 2.99. The van der Waals surface area contributed by atoms with E-state index in [1.54, 1.807) is 6.92 Å². The highest BCUT2D eigenvalue weighted by Crippen LogP contribution is 2.25. The lowest BCUT2D eigenvalue weighted by molar-refractivity contribution is 0.0530. The van der Waals surface area contributed by atoms with Gasteiger partial charge in [0.05, 0.1) is 17.3 Å². The van der Waals surface area contributed by atoms with E-state index in [1.807, 2.05) is 13.8 Å². The molecule has 5 heteroatoms. The molecule has 0 fully saturated rings. The smallest absolute Gasteiger partial charge is 0.350 e. The third-order valence-corrected chi connectivity index (χ3v) is 3.59.